The summed E-state index contributed by atoms with van der Waals surface area (Å²) in [5.41, 5.74) is 4.98. The molecular formula is C25H23F6N7O3. The smallest absolute Gasteiger partial charge is 0.399 e. The highest BCUT2D eigenvalue weighted by molar-refractivity contribution is 5.77. The van der Waals surface area contributed by atoms with E-state index in [4.69, 9.17) is 14.9 Å². The molecular weight excluding hydrogens is 560 g/mol. The van der Waals surface area contributed by atoms with Crippen molar-refractivity contribution in [2.75, 3.05) is 11.1 Å². The molecule has 0 aliphatic rings. The molecule has 0 bridgehead atoms. The monoisotopic (exact) mass is 583 g/mol. The number of hydrogen-bond donors (Lipinski definition) is 3. The van der Waals surface area contributed by atoms with E-state index >= 15 is 0 Å². The molecule has 0 radical (unpaired) electrons. The van der Waals surface area contributed by atoms with Crippen molar-refractivity contribution < 1.29 is 36.0 Å². The topological polar surface area (TPSA) is 141 Å². The number of nitrogens with two attached hydrogens (primary N) is 1. The van der Waals surface area contributed by atoms with Crippen LogP contribution in [0.5, 0.6) is 0 Å². The first-order chi connectivity index (χ1) is 19.4. The summed E-state index contributed by atoms with van der Waals surface area (Å²) in [6.07, 6.45) is -4.52. The maximum atomic E-state index is 13.4. The molecule has 0 aliphatic carbocycles. The molecule has 0 spiro atoms. The number of rotatable bonds is 8. The molecule has 2 aromatic heterocycles. The first-order valence-electron chi connectivity index (χ1n) is 11.7. The Morgan fingerprint density at radius 1 is 1.10 bits per heavy atom. The molecule has 4 N–H and O–H groups in total. The Hall–Kier alpha value is -4.89. The Kier molecular flexibility index (Phi) is 9.70. The third-order valence-electron chi connectivity index (χ3n) is 5.46. The number of halogens is 6. The number of carbonyl (C=O) groups excluding carboxylic acids is 1. The SMILES string of the molecule is CC(C)Nc1ncc(-c2cc(N)cc(C(F)(F)F)c2)n(CC(=O)NCc2ccc(-c3noc(F)n3)cc2)c1=O.FF. The Morgan fingerprint density at radius 3 is 2.37 bits per heavy atom. The summed E-state index contributed by atoms with van der Waals surface area (Å²) in [6.45, 7) is 3.13. The third kappa shape index (κ3) is 7.83. The minimum absolute atomic E-state index is 0.0149. The molecule has 2 aromatic carbocycles. The lowest BCUT2D eigenvalue weighted by Gasteiger charge is -2.17. The van der Waals surface area contributed by atoms with Crippen molar-refractivity contribution in [1.82, 2.24) is 25.0 Å². The number of alkyl halides is 3. The molecule has 0 unspecified atom stereocenters. The summed E-state index contributed by atoms with van der Waals surface area (Å²) in [4.78, 5) is 33.6. The van der Waals surface area contributed by atoms with Gasteiger partial charge in [-0.25, -0.2) is 4.98 Å². The van der Waals surface area contributed by atoms with Crippen molar-refractivity contribution >= 4 is 17.4 Å². The number of benzene rings is 2. The van der Waals surface area contributed by atoms with Gasteiger partial charge in [-0.05, 0) is 37.6 Å². The highest BCUT2D eigenvalue weighted by Crippen LogP contribution is 2.34. The van der Waals surface area contributed by atoms with Gasteiger partial charge in [-0.1, -0.05) is 29.4 Å². The van der Waals surface area contributed by atoms with Crippen molar-refractivity contribution in [1.29, 1.82) is 0 Å². The van der Waals surface area contributed by atoms with E-state index in [0.717, 1.165) is 16.7 Å². The van der Waals surface area contributed by atoms with Crippen LogP contribution in [-0.4, -0.2) is 31.6 Å². The molecule has 1 amide bonds. The zero-order valence-corrected chi connectivity index (χ0v) is 21.5. The Bertz CT molecular complexity index is 1550. The predicted molar refractivity (Wildman–Crippen MR) is 136 cm³/mol. The predicted octanol–water partition coefficient (Wildman–Crippen LogP) is 4.68. The van der Waals surface area contributed by atoms with E-state index in [-0.39, 0.29) is 41.2 Å². The molecule has 0 saturated heterocycles. The summed E-state index contributed by atoms with van der Waals surface area (Å²) in [7, 11) is 0. The Morgan fingerprint density at radius 2 is 1.78 bits per heavy atom. The number of anilines is 2. The van der Waals surface area contributed by atoms with Crippen molar-refractivity contribution in [3.63, 3.8) is 0 Å². The zero-order valence-electron chi connectivity index (χ0n) is 21.5. The molecule has 0 aliphatic heterocycles. The number of nitrogen functional groups attached to an aromatic ring is 1. The van der Waals surface area contributed by atoms with E-state index < -0.39 is 35.9 Å². The average Bonchev–Trinajstić information content (AvgIpc) is 3.36. The normalized spacial score (nSPS) is 11.1. The Balaban J connectivity index is 0.00000226. The van der Waals surface area contributed by atoms with Crippen LogP contribution in [0.25, 0.3) is 22.6 Å². The fraction of sp³-hybridized carbons (Fsp3) is 0.240. The lowest BCUT2D eigenvalue weighted by molar-refractivity contribution is -0.137. The highest BCUT2D eigenvalue weighted by Gasteiger charge is 2.31. The molecule has 4 rings (SSSR count). The van der Waals surface area contributed by atoms with Gasteiger partial charge in [-0.2, -0.15) is 18.2 Å². The molecule has 0 fully saturated rings. The number of carbonyl (C=O) groups is 1. The third-order valence-corrected chi connectivity index (χ3v) is 5.46. The van der Waals surface area contributed by atoms with Crippen molar-refractivity contribution in [3.8, 4) is 22.6 Å². The van der Waals surface area contributed by atoms with E-state index in [9.17, 15) is 27.2 Å². The summed E-state index contributed by atoms with van der Waals surface area (Å²) >= 11 is 0. The molecule has 218 valence electrons. The van der Waals surface area contributed by atoms with Gasteiger partial charge in [-0.3, -0.25) is 14.2 Å². The van der Waals surface area contributed by atoms with Gasteiger partial charge in [0.15, 0.2) is 5.82 Å². The van der Waals surface area contributed by atoms with E-state index in [1.54, 1.807) is 38.1 Å². The zero-order chi connectivity index (χ0) is 30.3. The molecule has 0 atom stereocenters. The summed E-state index contributed by atoms with van der Waals surface area (Å²) in [5.74, 6) is -0.576. The van der Waals surface area contributed by atoms with Crippen molar-refractivity contribution in [2.45, 2.75) is 39.2 Å². The van der Waals surface area contributed by atoms with Crippen LogP contribution in [0.1, 0.15) is 25.0 Å². The Labute approximate surface area is 228 Å². The van der Waals surface area contributed by atoms with E-state index in [1.165, 1.54) is 12.3 Å². The summed E-state index contributed by atoms with van der Waals surface area (Å²) < 4.78 is 74.5. The van der Waals surface area contributed by atoms with Crippen LogP contribution in [0, 0.1) is 6.14 Å². The van der Waals surface area contributed by atoms with Crippen LogP contribution in [0.15, 0.2) is 58.0 Å². The lowest BCUT2D eigenvalue weighted by Crippen LogP contribution is -2.35. The fourth-order valence-electron chi connectivity index (χ4n) is 3.70. The van der Waals surface area contributed by atoms with Gasteiger partial charge in [0.1, 0.15) is 6.54 Å². The highest BCUT2D eigenvalue weighted by atomic mass is 20.0. The van der Waals surface area contributed by atoms with E-state index in [0.29, 0.717) is 11.1 Å². The molecule has 2 heterocycles. The van der Waals surface area contributed by atoms with Gasteiger partial charge in [-0.15, -0.1) is 4.39 Å². The second kappa shape index (κ2) is 13.0. The van der Waals surface area contributed by atoms with Crippen LogP contribution in [0.2, 0.25) is 0 Å². The number of nitrogens with zero attached hydrogens (tertiary/aromatic N) is 4. The van der Waals surface area contributed by atoms with Gasteiger partial charge in [0.05, 0.1) is 17.5 Å². The standard InChI is InChI=1S/C25H23F4N7O3.F2/c1-13(2)33-22-23(38)36(19(11-32-22)16-7-17(25(27,28)29)9-18(30)8-16)12-20(37)31-10-14-3-5-15(6-4-14)21-34-24(26)39-35-21;1-2/h3-9,11,13H,10,12,30H2,1-2H3,(H,31,37)(H,32,33);. The van der Waals surface area contributed by atoms with Gasteiger partial charge < -0.3 is 20.9 Å². The molecule has 16 heteroatoms. The van der Waals surface area contributed by atoms with Gasteiger partial charge in [0.2, 0.25) is 11.7 Å². The number of aromatic nitrogens is 4. The largest absolute Gasteiger partial charge is 0.416 e. The van der Waals surface area contributed by atoms with Crippen LogP contribution < -0.4 is 21.9 Å². The molecule has 4 aromatic rings. The molecule has 0 saturated carbocycles. The number of hydrogen-bond acceptors (Lipinski definition) is 8. The minimum Gasteiger partial charge on any atom is -0.399 e. The van der Waals surface area contributed by atoms with E-state index in [1.807, 2.05) is 0 Å². The van der Waals surface area contributed by atoms with Gasteiger partial charge in [0.25, 0.3) is 5.56 Å². The second-order valence-electron chi connectivity index (χ2n) is 8.87. The van der Waals surface area contributed by atoms with Gasteiger partial charge in [0, 0.05) is 38.5 Å². The first kappa shape index (κ1) is 30.6. The van der Waals surface area contributed by atoms with E-state index in [2.05, 4.69) is 30.3 Å². The fourth-order valence-corrected chi connectivity index (χ4v) is 3.70. The van der Waals surface area contributed by atoms with Crippen molar-refractivity contribution in [2.24, 2.45) is 0 Å². The van der Waals surface area contributed by atoms with Crippen LogP contribution in [-0.2, 0) is 24.1 Å². The van der Waals surface area contributed by atoms with Crippen LogP contribution in [0.4, 0.5) is 38.2 Å². The first-order valence-corrected chi connectivity index (χ1v) is 11.7. The average molecular weight is 583 g/mol. The number of amides is 1. The molecule has 41 heavy (non-hydrogen) atoms. The summed E-state index contributed by atoms with van der Waals surface area (Å²) in [6, 6.07) is 9.25. The van der Waals surface area contributed by atoms with Gasteiger partial charge >= 0.3 is 12.3 Å². The minimum atomic E-state index is -4.67. The second-order valence-corrected chi connectivity index (χ2v) is 8.87. The number of nitrogens with one attached hydrogen (secondary N) is 2. The van der Waals surface area contributed by atoms with Crippen LogP contribution in [0.3, 0.4) is 0 Å². The maximum absolute atomic E-state index is 13.4. The summed E-state index contributed by atoms with van der Waals surface area (Å²) in [5, 5.41) is 9.02. The quantitative estimate of drug-likeness (QED) is 0.201. The van der Waals surface area contributed by atoms with Crippen molar-refractivity contribution in [3.05, 3.63) is 76.3 Å². The van der Waals surface area contributed by atoms with Crippen LogP contribution >= 0.6 is 0 Å². The maximum Gasteiger partial charge on any atom is 0.416 e. The lowest BCUT2D eigenvalue weighted by atomic mass is 10.1. The molecule has 10 nitrogen and oxygen atoms in total.